The number of halogens is 2. The van der Waals surface area contributed by atoms with E-state index < -0.39 is 23.7 Å². The Morgan fingerprint density at radius 3 is 2.50 bits per heavy atom. The van der Waals surface area contributed by atoms with E-state index in [9.17, 15) is 18.4 Å². The van der Waals surface area contributed by atoms with Crippen molar-refractivity contribution < 1.29 is 18.4 Å². The van der Waals surface area contributed by atoms with E-state index in [1.165, 1.54) is 41.3 Å². The zero-order chi connectivity index (χ0) is 17.1. The van der Waals surface area contributed by atoms with E-state index in [1.54, 1.807) is 12.1 Å². The largest absolute Gasteiger partial charge is 0.333 e. The smallest absolute Gasteiger partial charge is 0.319 e. The number of hydrogen-bond donors (Lipinski definition) is 2. The Balaban J connectivity index is 1.61. The standard InChI is InChI=1S/C17H15F2N3O2/c18-11-3-1-5-13(7-11)20-17(24)21-14-9-16(23)22(10-14)15-6-2-4-12(19)8-15/h1-8,14H,9-10H2,(H2,20,21,24). The maximum absolute atomic E-state index is 13.3. The fraction of sp³-hybridized carbons (Fsp3) is 0.176. The van der Waals surface area contributed by atoms with Crippen LogP contribution in [0.2, 0.25) is 0 Å². The summed E-state index contributed by atoms with van der Waals surface area (Å²) in [7, 11) is 0. The molecule has 24 heavy (non-hydrogen) atoms. The zero-order valence-electron chi connectivity index (χ0n) is 12.6. The summed E-state index contributed by atoms with van der Waals surface area (Å²) in [5.41, 5.74) is 0.772. The molecule has 3 amide bonds. The number of carbonyl (C=O) groups is 2. The van der Waals surface area contributed by atoms with Crippen molar-refractivity contribution in [2.24, 2.45) is 0 Å². The first-order valence-electron chi connectivity index (χ1n) is 7.40. The number of urea groups is 1. The molecular weight excluding hydrogens is 316 g/mol. The molecule has 0 saturated carbocycles. The summed E-state index contributed by atoms with van der Waals surface area (Å²) in [5.74, 6) is -1.08. The minimum atomic E-state index is -0.528. The van der Waals surface area contributed by atoms with Crippen molar-refractivity contribution in [3.63, 3.8) is 0 Å². The van der Waals surface area contributed by atoms with Crippen LogP contribution in [0.25, 0.3) is 0 Å². The average molecular weight is 331 g/mol. The van der Waals surface area contributed by atoms with Crippen LogP contribution in [-0.4, -0.2) is 24.5 Å². The predicted octanol–water partition coefficient (Wildman–Crippen LogP) is 2.89. The molecule has 1 heterocycles. The Morgan fingerprint density at radius 1 is 1.08 bits per heavy atom. The summed E-state index contributed by atoms with van der Waals surface area (Å²) in [6, 6.07) is 10.3. The van der Waals surface area contributed by atoms with Gasteiger partial charge in [-0.1, -0.05) is 12.1 Å². The van der Waals surface area contributed by atoms with Gasteiger partial charge in [0.05, 0.1) is 6.04 Å². The Bertz CT molecular complexity index is 782. The van der Waals surface area contributed by atoms with Crippen molar-refractivity contribution in [2.45, 2.75) is 12.5 Å². The van der Waals surface area contributed by atoms with E-state index >= 15 is 0 Å². The molecule has 1 atom stereocenters. The van der Waals surface area contributed by atoms with Crippen LogP contribution in [0, 0.1) is 11.6 Å². The molecule has 1 saturated heterocycles. The third kappa shape index (κ3) is 3.68. The van der Waals surface area contributed by atoms with Gasteiger partial charge in [-0.05, 0) is 36.4 Å². The van der Waals surface area contributed by atoms with Gasteiger partial charge in [-0.25, -0.2) is 13.6 Å². The minimum Gasteiger partial charge on any atom is -0.333 e. The Kier molecular flexibility index (Phi) is 4.41. The van der Waals surface area contributed by atoms with Crippen molar-refractivity contribution in [3.05, 3.63) is 60.2 Å². The lowest BCUT2D eigenvalue weighted by Gasteiger charge is -2.17. The van der Waals surface area contributed by atoms with Crippen molar-refractivity contribution >= 4 is 23.3 Å². The molecule has 7 heteroatoms. The number of carbonyl (C=O) groups excluding carboxylic acids is 2. The highest BCUT2D eigenvalue weighted by Gasteiger charge is 2.31. The molecule has 0 aliphatic carbocycles. The van der Waals surface area contributed by atoms with Gasteiger partial charge < -0.3 is 15.5 Å². The summed E-state index contributed by atoms with van der Waals surface area (Å²) in [5, 5.41) is 5.17. The lowest BCUT2D eigenvalue weighted by molar-refractivity contribution is -0.117. The molecule has 124 valence electrons. The molecule has 1 aliphatic rings. The van der Waals surface area contributed by atoms with Gasteiger partial charge in [0.1, 0.15) is 11.6 Å². The molecular formula is C17H15F2N3O2. The predicted molar refractivity (Wildman–Crippen MR) is 85.7 cm³/mol. The first-order chi connectivity index (χ1) is 11.5. The molecule has 0 bridgehead atoms. The van der Waals surface area contributed by atoms with Gasteiger partial charge in [0.15, 0.2) is 0 Å². The van der Waals surface area contributed by atoms with Crippen LogP contribution in [-0.2, 0) is 4.79 Å². The van der Waals surface area contributed by atoms with Crippen LogP contribution < -0.4 is 15.5 Å². The first kappa shape index (κ1) is 15.9. The second-order valence-electron chi connectivity index (χ2n) is 5.49. The molecule has 2 aromatic rings. The highest BCUT2D eigenvalue weighted by molar-refractivity contribution is 5.97. The van der Waals surface area contributed by atoms with Gasteiger partial charge in [-0.2, -0.15) is 0 Å². The van der Waals surface area contributed by atoms with E-state index in [-0.39, 0.29) is 18.9 Å². The number of amides is 3. The second-order valence-corrected chi connectivity index (χ2v) is 5.49. The van der Waals surface area contributed by atoms with Crippen LogP contribution in [0.1, 0.15) is 6.42 Å². The topological polar surface area (TPSA) is 61.4 Å². The van der Waals surface area contributed by atoms with Crippen LogP contribution in [0.4, 0.5) is 25.0 Å². The number of anilines is 2. The number of nitrogens with zero attached hydrogens (tertiary/aromatic N) is 1. The Labute approximate surface area is 137 Å². The zero-order valence-corrected chi connectivity index (χ0v) is 12.6. The molecule has 0 aromatic heterocycles. The minimum absolute atomic E-state index is 0.118. The van der Waals surface area contributed by atoms with Gasteiger partial charge >= 0.3 is 6.03 Å². The van der Waals surface area contributed by atoms with Crippen LogP contribution >= 0.6 is 0 Å². The van der Waals surface area contributed by atoms with E-state index in [0.717, 1.165) is 0 Å². The van der Waals surface area contributed by atoms with Crippen LogP contribution in [0.15, 0.2) is 48.5 Å². The molecule has 2 aromatic carbocycles. The Hall–Kier alpha value is -2.96. The molecule has 2 N–H and O–H groups in total. The van der Waals surface area contributed by atoms with Gasteiger partial charge in [-0.3, -0.25) is 4.79 Å². The van der Waals surface area contributed by atoms with Gasteiger partial charge in [0.25, 0.3) is 0 Å². The molecule has 5 nitrogen and oxygen atoms in total. The SMILES string of the molecule is O=C(Nc1cccc(F)c1)NC1CC(=O)N(c2cccc(F)c2)C1. The maximum Gasteiger partial charge on any atom is 0.319 e. The van der Waals surface area contributed by atoms with Gasteiger partial charge in [0.2, 0.25) is 5.91 Å². The third-order valence-corrected chi connectivity index (χ3v) is 3.66. The number of nitrogens with one attached hydrogen (secondary N) is 2. The second kappa shape index (κ2) is 6.66. The molecule has 1 aliphatic heterocycles. The van der Waals surface area contributed by atoms with Crippen molar-refractivity contribution in [3.8, 4) is 0 Å². The quantitative estimate of drug-likeness (QED) is 0.908. The monoisotopic (exact) mass is 331 g/mol. The molecule has 0 radical (unpaired) electrons. The van der Waals surface area contributed by atoms with Crippen LogP contribution in [0.3, 0.4) is 0 Å². The molecule has 1 unspecified atom stereocenters. The van der Waals surface area contributed by atoms with E-state index in [1.807, 2.05) is 0 Å². The van der Waals surface area contributed by atoms with E-state index in [0.29, 0.717) is 11.4 Å². The molecule has 1 fully saturated rings. The third-order valence-electron chi connectivity index (χ3n) is 3.66. The summed E-state index contributed by atoms with van der Waals surface area (Å²) in [6.07, 6.45) is 0.118. The van der Waals surface area contributed by atoms with Crippen molar-refractivity contribution in [2.75, 3.05) is 16.8 Å². The first-order valence-corrected chi connectivity index (χ1v) is 7.40. The lowest BCUT2D eigenvalue weighted by Crippen LogP contribution is -2.39. The molecule has 3 rings (SSSR count). The average Bonchev–Trinajstić information content (AvgIpc) is 2.87. The fourth-order valence-electron chi connectivity index (χ4n) is 2.62. The summed E-state index contributed by atoms with van der Waals surface area (Å²) in [6.45, 7) is 0.249. The number of rotatable bonds is 3. The number of benzene rings is 2. The maximum atomic E-state index is 13.3. The highest BCUT2D eigenvalue weighted by Crippen LogP contribution is 2.22. The highest BCUT2D eigenvalue weighted by atomic mass is 19.1. The van der Waals surface area contributed by atoms with Gasteiger partial charge in [0, 0.05) is 24.3 Å². The molecule has 0 spiro atoms. The summed E-state index contributed by atoms with van der Waals surface area (Å²) in [4.78, 5) is 25.4. The fourth-order valence-corrected chi connectivity index (χ4v) is 2.62. The van der Waals surface area contributed by atoms with E-state index in [2.05, 4.69) is 10.6 Å². The van der Waals surface area contributed by atoms with Crippen molar-refractivity contribution in [1.29, 1.82) is 0 Å². The normalized spacial score (nSPS) is 17.0. The summed E-state index contributed by atoms with van der Waals surface area (Å²) < 4.78 is 26.4. The Morgan fingerprint density at radius 2 is 1.79 bits per heavy atom. The van der Waals surface area contributed by atoms with E-state index in [4.69, 9.17) is 0 Å². The van der Waals surface area contributed by atoms with Gasteiger partial charge in [-0.15, -0.1) is 0 Å². The summed E-state index contributed by atoms with van der Waals surface area (Å²) >= 11 is 0. The van der Waals surface area contributed by atoms with Crippen LogP contribution in [0.5, 0.6) is 0 Å². The lowest BCUT2D eigenvalue weighted by atomic mass is 10.2. The van der Waals surface area contributed by atoms with Crippen molar-refractivity contribution in [1.82, 2.24) is 5.32 Å². The number of hydrogen-bond acceptors (Lipinski definition) is 2.